The summed E-state index contributed by atoms with van der Waals surface area (Å²) in [6.07, 6.45) is 0.395. The number of nitrogens with two attached hydrogens (primary N) is 1. The summed E-state index contributed by atoms with van der Waals surface area (Å²) in [7, 11) is -2.55. The molecule has 3 aromatic carbocycles. The van der Waals surface area contributed by atoms with Crippen LogP contribution in [0.1, 0.15) is 26.3 Å². The molecule has 38 heavy (non-hydrogen) atoms. The largest absolute Gasteiger partial charge is 0.465 e. The number of aromatic nitrogens is 2. The van der Waals surface area contributed by atoms with Gasteiger partial charge in [0.25, 0.3) is 5.56 Å². The molecule has 0 fully saturated rings. The Morgan fingerprint density at radius 2 is 1.68 bits per heavy atom. The second kappa shape index (κ2) is 11.6. The highest BCUT2D eigenvalue weighted by Crippen LogP contribution is 2.22. The molecule has 1 aromatic heterocycles. The van der Waals surface area contributed by atoms with Crippen LogP contribution in [0.4, 0.5) is 0 Å². The number of rotatable bonds is 9. The second-order valence-corrected chi connectivity index (χ2v) is 11.7. The first-order valence-electron chi connectivity index (χ1n) is 11.2. The fourth-order valence-electron chi connectivity index (χ4n) is 3.69. The molecule has 0 amide bonds. The first-order chi connectivity index (χ1) is 18.1. The Bertz CT molecular complexity index is 1690. The molecule has 1 heterocycles. The number of carbonyl (C=O) groups is 2. The molecule has 0 aliphatic rings. The highest BCUT2D eigenvalue weighted by Gasteiger charge is 2.17. The molecule has 12 heteroatoms. The molecule has 0 bridgehead atoms. The van der Waals surface area contributed by atoms with Gasteiger partial charge in [-0.1, -0.05) is 52.0 Å². The number of carbonyl (C=O) groups excluding carboxylic acids is 2. The molecule has 4 rings (SSSR count). The van der Waals surface area contributed by atoms with E-state index >= 15 is 0 Å². The minimum Gasteiger partial charge on any atom is -0.465 e. The van der Waals surface area contributed by atoms with Gasteiger partial charge in [-0.15, -0.1) is 0 Å². The van der Waals surface area contributed by atoms with Crippen LogP contribution in [0.25, 0.3) is 10.9 Å². The van der Waals surface area contributed by atoms with Crippen LogP contribution in [0.2, 0.25) is 0 Å². The van der Waals surface area contributed by atoms with Crippen molar-refractivity contribution in [2.75, 3.05) is 12.9 Å². The molecule has 0 unspecified atom stereocenters. The van der Waals surface area contributed by atoms with Crippen molar-refractivity contribution in [2.45, 2.75) is 23.0 Å². The fraction of sp³-hybridized carbons (Fsp3) is 0.154. The summed E-state index contributed by atoms with van der Waals surface area (Å²) in [5, 5.41) is 5.79. The van der Waals surface area contributed by atoms with E-state index in [1.54, 1.807) is 36.4 Å². The van der Waals surface area contributed by atoms with Crippen LogP contribution in [0.5, 0.6) is 0 Å². The van der Waals surface area contributed by atoms with Gasteiger partial charge in [-0.25, -0.2) is 23.3 Å². The molecule has 2 N–H and O–H groups in total. The molecule has 9 nitrogen and oxygen atoms in total. The van der Waals surface area contributed by atoms with Gasteiger partial charge in [0.1, 0.15) is 0 Å². The van der Waals surface area contributed by atoms with Gasteiger partial charge in [-0.2, -0.15) is 0 Å². The van der Waals surface area contributed by atoms with Gasteiger partial charge in [-0.05, 0) is 54.4 Å². The van der Waals surface area contributed by atoms with Gasteiger partial charge in [-0.3, -0.25) is 14.2 Å². The third kappa shape index (κ3) is 6.38. The maximum absolute atomic E-state index is 13.5. The lowest BCUT2D eigenvalue weighted by molar-refractivity contribution is 0.0600. The molecule has 0 spiro atoms. The van der Waals surface area contributed by atoms with Crippen LogP contribution in [-0.4, -0.2) is 42.6 Å². The molecule has 0 saturated heterocycles. The van der Waals surface area contributed by atoms with Crippen molar-refractivity contribution >= 4 is 60.4 Å². The maximum atomic E-state index is 13.5. The number of hydrogen-bond donors (Lipinski definition) is 1. The lowest BCUT2D eigenvalue weighted by Crippen LogP contribution is -2.25. The van der Waals surface area contributed by atoms with Crippen LogP contribution in [-0.2, 0) is 27.7 Å². The van der Waals surface area contributed by atoms with Crippen molar-refractivity contribution in [3.63, 3.8) is 0 Å². The third-order valence-electron chi connectivity index (χ3n) is 5.72. The molecule has 0 aliphatic heterocycles. The molecule has 0 radical (unpaired) electrons. The van der Waals surface area contributed by atoms with Crippen LogP contribution in [0.3, 0.4) is 0 Å². The van der Waals surface area contributed by atoms with E-state index in [0.29, 0.717) is 28.0 Å². The number of nitrogens with zero attached hydrogens (tertiary/aromatic N) is 2. The number of Topliss-reactive ketones (excluding diaryl/α,β-unsaturated/α-hetero) is 1. The normalized spacial score (nSPS) is 11.4. The summed E-state index contributed by atoms with van der Waals surface area (Å²) in [6, 6.07) is 17.6. The topological polar surface area (TPSA) is 138 Å². The standard InChI is InChI=1S/C26H22BrN3O6S2/c1-36-25(33)18-6-11-21-22(14-18)29-26(37-15-23(31)17-4-7-19(27)8-5-17)30(24(21)32)13-12-16-2-9-20(10-3-16)38(28,34)35/h2-11,14H,12-13,15H2,1H3,(H2,28,34,35). The van der Waals surface area contributed by atoms with E-state index in [4.69, 9.17) is 9.88 Å². The summed E-state index contributed by atoms with van der Waals surface area (Å²) < 4.78 is 30.2. The summed E-state index contributed by atoms with van der Waals surface area (Å²) in [5.41, 5.74) is 1.54. The van der Waals surface area contributed by atoms with E-state index in [1.165, 1.54) is 42.0 Å². The molecule has 0 aliphatic carbocycles. The van der Waals surface area contributed by atoms with Crippen molar-refractivity contribution in [3.8, 4) is 0 Å². The average Bonchev–Trinajstić information content (AvgIpc) is 2.90. The Labute approximate surface area is 231 Å². The summed E-state index contributed by atoms with van der Waals surface area (Å²) in [5.74, 6) is -0.648. The minimum atomic E-state index is -3.81. The number of halogens is 1. The van der Waals surface area contributed by atoms with Gasteiger partial charge < -0.3 is 4.74 Å². The number of primary sulfonamides is 1. The van der Waals surface area contributed by atoms with Gasteiger partial charge in [0.15, 0.2) is 10.9 Å². The highest BCUT2D eigenvalue weighted by molar-refractivity contribution is 9.10. The number of sulfonamides is 1. The number of thioether (sulfide) groups is 1. The van der Waals surface area contributed by atoms with E-state index in [-0.39, 0.29) is 34.1 Å². The number of ether oxygens (including phenoxy) is 1. The van der Waals surface area contributed by atoms with Crippen molar-refractivity contribution in [1.29, 1.82) is 0 Å². The van der Waals surface area contributed by atoms with Crippen LogP contribution in [0.15, 0.2) is 86.0 Å². The first kappa shape index (κ1) is 27.7. The molecule has 0 saturated carbocycles. The Hall–Kier alpha value is -3.32. The van der Waals surface area contributed by atoms with Crippen LogP contribution >= 0.6 is 27.7 Å². The zero-order chi connectivity index (χ0) is 27.4. The predicted octanol–water partition coefficient (Wildman–Crippen LogP) is 3.81. The molecule has 196 valence electrons. The van der Waals surface area contributed by atoms with E-state index < -0.39 is 16.0 Å². The predicted molar refractivity (Wildman–Crippen MR) is 148 cm³/mol. The van der Waals surface area contributed by atoms with Crippen LogP contribution < -0.4 is 10.7 Å². The fourth-order valence-corrected chi connectivity index (χ4v) is 5.39. The zero-order valence-corrected chi connectivity index (χ0v) is 23.3. The van der Waals surface area contributed by atoms with Crippen molar-refractivity contribution in [1.82, 2.24) is 9.55 Å². The Kier molecular flexibility index (Phi) is 8.46. The van der Waals surface area contributed by atoms with E-state index in [2.05, 4.69) is 20.9 Å². The number of aryl methyl sites for hydroxylation is 1. The number of methoxy groups -OCH3 is 1. The average molecular weight is 617 g/mol. The maximum Gasteiger partial charge on any atom is 0.337 e. The van der Waals surface area contributed by atoms with Gasteiger partial charge in [0, 0.05) is 16.6 Å². The minimum absolute atomic E-state index is 0.00472. The Morgan fingerprint density at radius 3 is 2.32 bits per heavy atom. The summed E-state index contributed by atoms with van der Waals surface area (Å²) >= 11 is 4.47. The lowest BCUT2D eigenvalue weighted by Gasteiger charge is -2.14. The van der Waals surface area contributed by atoms with Gasteiger partial charge in [0.2, 0.25) is 10.0 Å². The molecule has 4 aromatic rings. The second-order valence-electron chi connectivity index (χ2n) is 8.23. The monoisotopic (exact) mass is 615 g/mol. The molecule has 0 atom stereocenters. The number of esters is 1. The summed E-state index contributed by atoms with van der Waals surface area (Å²) in [4.78, 5) is 42.9. The van der Waals surface area contributed by atoms with Gasteiger partial charge in [0.05, 0.1) is 34.2 Å². The number of benzene rings is 3. The number of ketones is 1. The Balaban J connectivity index is 1.67. The smallest absolute Gasteiger partial charge is 0.337 e. The van der Waals surface area contributed by atoms with E-state index in [9.17, 15) is 22.8 Å². The number of hydrogen-bond acceptors (Lipinski definition) is 8. The number of fused-ring (bicyclic) bond motifs is 1. The van der Waals surface area contributed by atoms with Crippen molar-refractivity contribution in [2.24, 2.45) is 5.14 Å². The van der Waals surface area contributed by atoms with E-state index in [0.717, 1.165) is 21.8 Å². The Morgan fingerprint density at radius 1 is 1.03 bits per heavy atom. The zero-order valence-electron chi connectivity index (χ0n) is 20.1. The third-order valence-corrected chi connectivity index (χ3v) is 8.15. The SMILES string of the molecule is COC(=O)c1ccc2c(=O)n(CCc3ccc(S(N)(=O)=O)cc3)c(SCC(=O)c3ccc(Br)cc3)nc2c1. The van der Waals surface area contributed by atoms with Crippen LogP contribution in [0, 0.1) is 0 Å². The lowest BCUT2D eigenvalue weighted by atomic mass is 10.1. The van der Waals surface area contributed by atoms with Crippen molar-refractivity contribution < 1.29 is 22.7 Å². The first-order valence-corrected chi connectivity index (χ1v) is 14.6. The summed E-state index contributed by atoms with van der Waals surface area (Å²) in [6.45, 7) is 0.226. The highest BCUT2D eigenvalue weighted by atomic mass is 79.9. The van der Waals surface area contributed by atoms with Crippen molar-refractivity contribution in [3.05, 3.63) is 98.2 Å². The quantitative estimate of drug-likeness (QED) is 0.130. The molecular formula is C26H22BrN3O6S2. The van der Waals surface area contributed by atoms with E-state index in [1.807, 2.05) is 0 Å². The molecular weight excluding hydrogens is 594 g/mol. The van der Waals surface area contributed by atoms with Gasteiger partial charge >= 0.3 is 5.97 Å².